The van der Waals surface area contributed by atoms with Gasteiger partial charge in [0.1, 0.15) is 42.1 Å². The molecule has 4 N–H and O–H groups in total. The lowest BCUT2D eigenvalue weighted by atomic mass is 9.89. The van der Waals surface area contributed by atoms with Crippen molar-refractivity contribution in [3.63, 3.8) is 0 Å². The highest BCUT2D eigenvalue weighted by molar-refractivity contribution is 5.37. The maximum atomic E-state index is 15.1. The minimum absolute atomic E-state index is 0.215. The van der Waals surface area contributed by atoms with E-state index in [4.69, 9.17) is 9.47 Å². The summed E-state index contributed by atoms with van der Waals surface area (Å²) < 4.78 is 40.2. The Morgan fingerprint density at radius 3 is 2.34 bits per heavy atom. The fraction of sp³-hybridized carbons (Fsp3) is 0.429. The Morgan fingerprint density at radius 1 is 1.03 bits per heavy atom. The normalized spacial score (nSPS) is 28.2. The summed E-state index contributed by atoms with van der Waals surface area (Å²) in [5.41, 5.74) is 0.175. The second kappa shape index (κ2) is 9.15. The first-order valence-corrected chi connectivity index (χ1v) is 9.34. The molecule has 0 amide bonds. The number of alkyl halides is 1. The summed E-state index contributed by atoms with van der Waals surface area (Å²) in [7, 11) is 0. The molecule has 1 aliphatic rings. The Labute approximate surface area is 167 Å². The Kier molecular flexibility index (Phi) is 6.81. The van der Waals surface area contributed by atoms with Crippen LogP contribution in [0.25, 0.3) is 0 Å². The van der Waals surface area contributed by atoms with Crippen molar-refractivity contribution in [3.8, 4) is 5.75 Å². The maximum Gasteiger partial charge on any atom is 0.153 e. The summed E-state index contributed by atoms with van der Waals surface area (Å²) in [6.45, 7) is 1.70. The van der Waals surface area contributed by atoms with E-state index in [1.54, 1.807) is 12.1 Å². The van der Waals surface area contributed by atoms with Crippen molar-refractivity contribution in [1.29, 1.82) is 0 Å². The minimum Gasteiger partial charge on any atom is -0.494 e. The molecule has 2 aromatic rings. The van der Waals surface area contributed by atoms with Gasteiger partial charge in [-0.05, 0) is 42.3 Å². The van der Waals surface area contributed by atoms with Crippen LogP contribution in [0.4, 0.5) is 8.78 Å². The van der Waals surface area contributed by atoms with Crippen LogP contribution in [-0.4, -0.2) is 58.1 Å². The molecule has 8 heteroatoms. The number of rotatable bonds is 6. The van der Waals surface area contributed by atoms with Gasteiger partial charge in [0.05, 0.1) is 13.2 Å². The highest BCUT2D eigenvalue weighted by atomic mass is 19.1. The fourth-order valence-corrected chi connectivity index (χ4v) is 3.39. The molecule has 0 spiro atoms. The lowest BCUT2D eigenvalue weighted by Gasteiger charge is -2.40. The maximum absolute atomic E-state index is 15.1. The van der Waals surface area contributed by atoms with Gasteiger partial charge in [-0.15, -0.1) is 0 Å². The number of hydrogen-bond acceptors (Lipinski definition) is 6. The van der Waals surface area contributed by atoms with Gasteiger partial charge >= 0.3 is 0 Å². The van der Waals surface area contributed by atoms with Crippen LogP contribution in [0.2, 0.25) is 0 Å². The van der Waals surface area contributed by atoms with Gasteiger partial charge in [0.25, 0.3) is 0 Å². The van der Waals surface area contributed by atoms with E-state index < -0.39 is 49.1 Å². The third kappa shape index (κ3) is 4.41. The lowest BCUT2D eigenvalue weighted by molar-refractivity contribution is -0.231. The molecule has 29 heavy (non-hydrogen) atoms. The molecule has 1 aliphatic heterocycles. The molecule has 3 rings (SSSR count). The molecular weight excluding hydrogens is 386 g/mol. The monoisotopic (exact) mass is 410 g/mol. The van der Waals surface area contributed by atoms with E-state index in [0.717, 1.165) is 6.07 Å². The van der Waals surface area contributed by atoms with Crippen LogP contribution in [0.1, 0.15) is 35.9 Å². The molecule has 0 bridgehead atoms. The number of aliphatic hydroxyl groups is 4. The van der Waals surface area contributed by atoms with E-state index in [9.17, 15) is 24.8 Å². The van der Waals surface area contributed by atoms with Crippen LogP contribution in [0, 0.1) is 5.82 Å². The van der Waals surface area contributed by atoms with Gasteiger partial charge in [-0.1, -0.05) is 18.2 Å². The van der Waals surface area contributed by atoms with Crippen LogP contribution in [0.5, 0.6) is 5.75 Å². The quantitative estimate of drug-likeness (QED) is 0.580. The molecule has 6 atom stereocenters. The number of benzene rings is 2. The van der Waals surface area contributed by atoms with Gasteiger partial charge in [-0.25, -0.2) is 8.78 Å². The summed E-state index contributed by atoms with van der Waals surface area (Å²) in [6.07, 6.45) is -8.68. The zero-order chi connectivity index (χ0) is 21.1. The molecule has 0 radical (unpaired) electrons. The lowest BCUT2D eigenvalue weighted by Crippen LogP contribution is -2.55. The molecule has 158 valence electrons. The first-order valence-electron chi connectivity index (χ1n) is 9.34. The number of aliphatic hydroxyl groups excluding tert-OH is 4. The van der Waals surface area contributed by atoms with E-state index in [2.05, 4.69) is 0 Å². The van der Waals surface area contributed by atoms with E-state index in [1.165, 1.54) is 24.3 Å². The molecule has 0 aromatic heterocycles. The smallest absolute Gasteiger partial charge is 0.153 e. The zero-order valence-electron chi connectivity index (χ0n) is 15.8. The SMILES string of the molecule is CCOc1ccc(C(F)c2cc(C3OC(CO)C(O)C(O)C3O)ccc2F)cc1. The standard InChI is InChI=1S/C21H24F2O6/c1-2-28-13-6-3-11(4-7-13)17(23)14-9-12(5-8-15(14)22)21-20(27)19(26)18(25)16(10-24)29-21/h3-9,16-21,24-27H,2,10H2,1H3. The molecule has 1 saturated heterocycles. The molecular formula is C21H24F2O6. The second-order valence-corrected chi connectivity index (χ2v) is 6.90. The number of ether oxygens (including phenoxy) is 2. The third-order valence-electron chi connectivity index (χ3n) is 5.00. The topological polar surface area (TPSA) is 99.4 Å². The first-order chi connectivity index (χ1) is 13.9. The summed E-state index contributed by atoms with van der Waals surface area (Å²) >= 11 is 0. The third-order valence-corrected chi connectivity index (χ3v) is 5.00. The van der Waals surface area contributed by atoms with E-state index in [0.29, 0.717) is 12.4 Å². The van der Waals surface area contributed by atoms with Gasteiger partial charge in [0.15, 0.2) is 6.17 Å². The van der Waals surface area contributed by atoms with Crippen LogP contribution in [0.15, 0.2) is 42.5 Å². The van der Waals surface area contributed by atoms with Crippen molar-refractivity contribution in [2.45, 2.75) is 43.6 Å². The Hall–Kier alpha value is -2.10. The van der Waals surface area contributed by atoms with Crippen LogP contribution in [0.3, 0.4) is 0 Å². The Balaban J connectivity index is 1.89. The number of halogens is 2. The fourth-order valence-electron chi connectivity index (χ4n) is 3.39. The van der Waals surface area contributed by atoms with Gasteiger partial charge in [0, 0.05) is 5.56 Å². The largest absolute Gasteiger partial charge is 0.494 e. The van der Waals surface area contributed by atoms with Crippen LogP contribution >= 0.6 is 0 Å². The van der Waals surface area contributed by atoms with Crippen LogP contribution in [-0.2, 0) is 4.74 Å². The summed E-state index contributed by atoms with van der Waals surface area (Å²) in [5, 5.41) is 39.4. The van der Waals surface area contributed by atoms with Gasteiger partial charge in [-0.2, -0.15) is 0 Å². The average Bonchev–Trinajstić information content (AvgIpc) is 2.73. The average molecular weight is 410 g/mol. The van der Waals surface area contributed by atoms with Gasteiger partial charge < -0.3 is 29.9 Å². The van der Waals surface area contributed by atoms with Crippen molar-refractivity contribution in [2.24, 2.45) is 0 Å². The molecule has 1 heterocycles. The van der Waals surface area contributed by atoms with Crippen LogP contribution < -0.4 is 4.74 Å². The molecule has 0 saturated carbocycles. The molecule has 6 unspecified atom stereocenters. The predicted octanol–water partition coefficient (Wildman–Crippen LogP) is 1.80. The van der Waals surface area contributed by atoms with E-state index >= 15 is 4.39 Å². The second-order valence-electron chi connectivity index (χ2n) is 6.90. The molecule has 1 fully saturated rings. The van der Waals surface area contributed by atoms with E-state index in [-0.39, 0.29) is 16.7 Å². The van der Waals surface area contributed by atoms with Crippen molar-refractivity contribution in [1.82, 2.24) is 0 Å². The first kappa shape index (κ1) is 21.6. The zero-order valence-corrected chi connectivity index (χ0v) is 15.8. The van der Waals surface area contributed by atoms with Crippen molar-refractivity contribution >= 4 is 0 Å². The molecule has 6 nitrogen and oxygen atoms in total. The highest BCUT2D eigenvalue weighted by Crippen LogP contribution is 2.36. The summed E-state index contributed by atoms with van der Waals surface area (Å²) in [4.78, 5) is 0. The minimum atomic E-state index is -1.78. The van der Waals surface area contributed by atoms with Crippen molar-refractivity contribution in [3.05, 3.63) is 65.0 Å². The van der Waals surface area contributed by atoms with Crippen molar-refractivity contribution in [2.75, 3.05) is 13.2 Å². The van der Waals surface area contributed by atoms with Gasteiger partial charge in [-0.3, -0.25) is 0 Å². The Bertz CT molecular complexity index is 813. The molecule has 0 aliphatic carbocycles. The Morgan fingerprint density at radius 2 is 1.72 bits per heavy atom. The predicted molar refractivity (Wildman–Crippen MR) is 99.7 cm³/mol. The molecule has 2 aromatic carbocycles. The van der Waals surface area contributed by atoms with Crippen molar-refractivity contribution < 1.29 is 38.7 Å². The summed E-state index contributed by atoms with van der Waals surface area (Å²) in [5.74, 6) is -0.210. The van der Waals surface area contributed by atoms with E-state index in [1.807, 2.05) is 6.92 Å². The highest BCUT2D eigenvalue weighted by Gasteiger charge is 2.44. The van der Waals surface area contributed by atoms with Gasteiger partial charge in [0.2, 0.25) is 0 Å². The number of hydrogen-bond donors (Lipinski definition) is 4. The summed E-state index contributed by atoms with van der Waals surface area (Å²) in [6, 6.07) is 9.73.